The molecular formula is C18H20N2O3. The normalized spacial score (nSPS) is 15.8. The Morgan fingerprint density at radius 2 is 1.83 bits per heavy atom. The smallest absolute Gasteiger partial charge is 0.315 e. The lowest BCUT2D eigenvalue weighted by atomic mass is 10.1. The molecule has 5 heteroatoms. The van der Waals surface area contributed by atoms with Crippen molar-refractivity contribution in [2.75, 3.05) is 13.2 Å². The van der Waals surface area contributed by atoms with E-state index in [1.54, 1.807) is 0 Å². The first-order chi connectivity index (χ1) is 11.2. The van der Waals surface area contributed by atoms with E-state index in [-0.39, 0.29) is 12.1 Å². The number of carbonyl (C=O) groups is 1. The van der Waals surface area contributed by atoms with E-state index in [2.05, 4.69) is 10.6 Å². The summed E-state index contributed by atoms with van der Waals surface area (Å²) in [5.41, 5.74) is 2.27. The van der Waals surface area contributed by atoms with Crippen LogP contribution < -0.4 is 20.1 Å². The predicted molar refractivity (Wildman–Crippen MR) is 87.8 cm³/mol. The van der Waals surface area contributed by atoms with E-state index in [0.29, 0.717) is 25.4 Å². The average Bonchev–Trinajstić information content (AvgIpc) is 2.59. The van der Waals surface area contributed by atoms with E-state index in [9.17, 15) is 4.79 Å². The molecule has 1 heterocycles. The molecule has 2 N–H and O–H groups in total. The van der Waals surface area contributed by atoms with E-state index >= 15 is 0 Å². The number of nitrogens with one attached hydrogen (secondary N) is 2. The molecule has 120 valence electrons. The minimum Gasteiger partial charge on any atom is -0.486 e. The number of aryl methyl sites for hydroxylation is 1. The summed E-state index contributed by atoms with van der Waals surface area (Å²) in [6, 6.07) is 15.4. The fourth-order valence-electron chi connectivity index (χ4n) is 2.32. The van der Waals surface area contributed by atoms with Crippen molar-refractivity contribution in [1.29, 1.82) is 0 Å². The lowest BCUT2D eigenvalue weighted by Gasteiger charge is -2.26. The molecule has 3 rings (SSSR count). The number of amides is 2. The molecule has 0 fully saturated rings. The largest absolute Gasteiger partial charge is 0.486 e. The topological polar surface area (TPSA) is 59.6 Å². The molecule has 5 nitrogen and oxygen atoms in total. The first-order valence-electron chi connectivity index (χ1n) is 7.66. The van der Waals surface area contributed by atoms with Crippen LogP contribution in [0.4, 0.5) is 4.79 Å². The lowest BCUT2D eigenvalue weighted by molar-refractivity contribution is 0.0918. The summed E-state index contributed by atoms with van der Waals surface area (Å²) >= 11 is 0. The lowest BCUT2D eigenvalue weighted by Crippen LogP contribution is -2.44. The zero-order valence-electron chi connectivity index (χ0n) is 13.0. The van der Waals surface area contributed by atoms with Gasteiger partial charge in [-0.25, -0.2) is 4.79 Å². The van der Waals surface area contributed by atoms with Crippen molar-refractivity contribution in [2.24, 2.45) is 0 Å². The van der Waals surface area contributed by atoms with Gasteiger partial charge >= 0.3 is 6.03 Å². The summed E-state index contributed by atoms with van der Waals surface area (Å²) in [6.45, 7) is 3.36. The molecule has 0 radical (unpaired) electrons. The Morgan fingerprint density at radius 1 is 1.09 bits per heavy atom. The van der Waals surface area contributed by atoms with Crippen LogP contribution in [0, 0.1) is 6.92 Å². The number of ether oxygens (including phenoxy) is 2. The molecule has 0 saturated carbocycles. The van der Waals surface area contributed by atoms with Gasteiger partial charge in [-0.15, -0.1) is 0 Å². The van der Waals surface area contributed by atoms with Crippen molar-refractivity contribution in [1.82, 2.24) is 10.6 Å². The van der Waals surface area contributed by atoms with Crippen LogP contribution in [0.15, 0.2) is 48.5 Å². The van der Waals surface area contributed by atoms with Crippen molar-refractivity contribution in [3.63, 3.8) is 0 Å². The molecule has 2 aromatic carbocycles. The molecule has 0 spiro atoms. The highest BCUT2D eigenvalue weighted by molar-refractivity contribution is 5.73. The first-order valence-corrected chi connectivity index (χ1v) is 7.66. The van der Waals surface area contributed by atoms with Gasteiger partial charge in [0.05, 0.1) is 6.54 Å². The molecule has 23 heavy (non-hydrogen) atoms. The van der Waals surface area contributed by atoms with Gasteiger partial charge in [0, 0.05) is 6.54 Å². The van der Waals surface area contributed by atoms with Crippen LogP contribution in [0.2, 0.25) is 0 Å². The average molecular weight is 312 g/mol. The van der Waals surface area contributed by atoms with Crippen LogP contribution in [0.5, 0.6) is 11.5 Å². The van der Waals surface area contributed by atoms with Crippen molar-refractivity contribution in [2.45, 2.75) is 19.6 Å². The molecule has 0 aromatic heterocycles. The minimum absolute atomic E-state index is 0.185. The highest BCUT2D eigenvalue weighted by atomic mass is 16.6. The molecule has 2 aromatic rings. The second kappa shape index (κ2) is 7.05. The third-order valence-electron chi connectivity index (χ3n) is 3.63. The van der Waals surface area contributed by atoms with E-state index in [1.807, 2.05) is 55.5 Å². The third-order valence-corrected chi connectivity index (χ3v) is 3.63. The van der Waals surface area contributed by atoms with Gasteiger partial charge in [0.25, 0.3) is 0 Å². The van der Waals surface area contributed by atoms with Gasteiger partial charge in [0.15, 0.2) is 17.6 Å². The van der Waals surface area contributed by atoms with Crippen LogP contribution in [-0.2, 0) is 6.54 Å². The van der Waals surface area contributed by atoms with Crippen molar-refractivity contribution < 1.29 is 14.3 Å². The second-order valence-electron chi connectivity index (χ2n) is 5.55. The summed E-state index contributed by atoms with van der Waals surface area (Å²) in [5.74, 6) is 1.46. The molecule has 0 bridgehead atoms. The summed E-state index contributed by atoms with van der Waals surface area (Å²) in [6.07, 6.45) is -0.185. The van der Waals surface area contributed by atoms with Gasteiger partial charge < -0.3 is 20.1 Å². The van der Waals surface area contributed by atoms with E-state index in [0.717, 1.165) is 11.3 Å². The molecule has 0 aliphatic carbocycles. The van der Waals surface area contributed by atoms with Gasteiger partial charge in [0.2, 0.25) is 0 Å². The zero-order valence-corrected chi connectivity index (χ0v) is 13.0. The SMILES string of the molecule is Cc1ccc(CNC(=O)NC[C@@H]2COc3ccccc3O2)cc1. The highest BCUT2D eigenvalue weighted by Crippen LogP contribution is 2.30. The Morgan fingerprint density at radius 3 is 2.61 bits per heavy atom. The van der Waals surface area contributed by atoms with E-state index in [4.69, 9.17) is 9.47 Å². The Hall–Kier alpha value is -2.69. The van der Waals surface area contributed by atoms with Crippen LogP contribution in [-0.4, -0.2) is 25.3 Å². The fraction of sp³-hybridized carbons (Fsp3) is 0.278. The van der Waals surface area contributed by atoms with Gasteiger partial charge in [-0.1, -0.05) is 42.0 Å². The van der Waals surface area contributed by atoms with Crippen LogP contribution in [0.3, 0.4) is 0 Å². The van der Waals surface area contributed by atoms with E-state index < -0.39 is 0 Å². The predicted octanol–water partition coefficient (Wildman–Crippen LogP) is 2.63. The van der Waals surface area contributed by atoms with E-state index in [1.165, 1.54) is 5.56 Å². The number of fused-ring (bicyclic) bond motifs is 1. The molecule has 1 aliphatic rings. The summed E-state index contributed by atoms with van der Waals surface area (Å²) < 4.78 is 11.4. The molecule has 0 saturated heterocycles. The number of rotatable bonds is 4. The van der Waals surface area contributed by atoms with Crippen molar-refractivity contribution in [3.05, 3.63) is 59.7 Å². The number of hydrogen-bond acceptors (Lipinski definition) is 3. The number of benzene rings is 2. The Labute approximate surface area is 135 Å². The van der Waals surface area contributed by atoms with Crippen LogP contribution >= 0.6 is 0 Å². The van der Waals surface area contributed by atoms with Gasteiger partial charge in [0.1, 0.15) is 6.61 Å². The number of hydrogen-bond donors (Lipinski definition) is 2. The standard InChI is InChI=1S/C18H20N2O3/c1-13-6-8-14(9-7-13)10-19-18(21)20-11-15-12-22-16-4-2-3-5-17(16)23-15/h2-9,15H,10-12H2,1H3,(H2,19,20,21)/t15-/m1/s1. The van der Waals surface area contributed by atoms with Crippen molar-refractivity contribution in [3.8, 4) is 11.5 Å². The molecular weight excluding hydrogens is 292 g/mol. The van der Waals surface area contributed by atoms with Gasteiger partial charge in [-0.05, 0) is 24.6 Å². The van der Waals surface area contributed by atoms with Crippen molar-refractivity contribution >= 4 is 6.03 Å². The van der Waals surface area contributed by atoms with Crippen LogP contribution in [0.1, 0.15) is 11.1 Å². The molecule has 2 amide bonds. The molecule has 1 atom stereocenters. The maximum absolute atomic E-state index is 11.9. The maximum Gasteiger partial charge on any atom is 0.315 e. The molecule has 0 unspecified atom stereocenters. The monoisotopic (exact) mass is 312 g/mol. The van der Waals surface area contributed by atoms with Gasteiger partial charge in [-0.2, -0.15) is 0 Å². The number of carbonyl (C=O) groups excluding carboxylic acids is 1. The minimum atomic E-state index is -0.215. The highest BCUT2D eigenvalue weighted by Gasteiger charge is 2.20. The van der Waals surface area contributed by atoms with Crippen LogP contribution in [0.25, 0.3) is 0 Å². The Kier molecular flexibility index (Phi) is 4.66. The Balaban J connectivity index is 1.42. The second-order valence-corrected chi connectivity index (χ2v) is 5.55. The summed E-state index contributed by atoms with van der Waals surface area (Å²) in [7, 11) is 0. The number of para-hydroxylation sites is 2. The quantitative estimate of drug-likeness (QED) is 0.912. The maximum atomic E-state index is 11.9. The summed E-state index contributed by atoms with van der Waals surface area (Å²) in [4.78, 5) is 11.9. The first kappa shape index (κ1) is 15.2. The molecule has 1 aliphatic heterocycles. The fourth-order valence-corrected chi connectivity index (χ4v) is 2.32. The summed E-state index contributed by atoms with van der Waals surface area (Å²) in [5, 5.41) is 5.64. The van der Waals surface area contributed by atoms with Gasteiger partial charge in [-0.3, -0.25) is 0 Å². The third kappa shape index (κ3) is 4.16. The Bertz CT molecular complexity index is 670. The zero-order chi connectivity index (χ0) is 16.1. The number of urea groups is 1.